The van der Waals surface area contributed by atoms with Gasteiger partial charge in [-0.15, -0.1) is 120 Å². The fourth-order valence-corrected chi connectivity index (χ4v) is 12.1. The molecule has 0 amide bonds. The number of hydrogen-bond donors (Lipinski definition) is 1. The summed E-state index contributed by atoms with van der Waals surface area (Å²) in [6, 6.07) is 88.7. The van der Waals surface area contributed by atoms with Crippen LogP contribution in [-0.2, 0) is 132 Å². The topological polar surface area (TPSA) is 256 Å². The second kappa shape index (κ2) is 49.2. The number of carboxylic acid groups (broad SMARTS) is 1. The maximum Gasteiger partial charge on any atom is 2.00 e. The van der Waals surface area contributed by atoms with Crippen molar-refractivity contribution in [2.75, 3.05) is 0 Å². The summed E-state index contributed by atoms with van der Waals surface area (Å²) >= 11 is 0. The van der Waals surface area contributed by atoms with Gasteiger partial charge >= 0.3 is 81.5 Å². The fourth-order valence-electron chi connectivity index (χ4n) is 12.1. The van der Waals surface area contributed by atoms with E-state index in [1.165, 1.54) is 36.5 Å². The van der Waals surface area contributed by atoms with E-state index in [2.05, 4.69) is 134 Å². The zero-order valence-electron chi connectivity index (χ0n) is 70.5. The molecule has 13 aromatic heterocycles. The molecule has 0 atom stereocenters. The Kier molecular flexibility index (Phi) is 39.7. The van der Waals surface area contributed by atoms with Crippen molar-refractivity contribution in [1.82, 2.24) is 79.4 Å². The molecule has 4 aromatic carbocycles. The van der Waals surface area contributed by atoms with Gasteiger partial charge in [-0.1, -0.05) is 144 Å². The monoisotopic (exact) mass is 2720 g/mol. The van der Waals surface area contributed by atoms with Crippen LogP contribution in [0.2, 0.25) is 0 Å². The van der Waals surface area contributed by atoms with Gasteiger partial charge in [-0.25, -0.2) is 32.4 Å². The van der Waals surface area contributed by atoms with Crippen molar-refractivity contribution >= 4 is 11.7 Å². The molecule has 135 heavy (non-hydrogen) atoms. The van der Waals surface area contributed by atoms with E-state index in [0.717, 1.165) is 84.9 Å². The molecule has 17 rings (SSSR count). The first kappa shape index (κ1) is 109. The molecule has 1 N–H and O–H groups in total. The fraction of sp³-hybridized carbons (Fsp3) is 0.112. The van der Waals surface area contributed by atoms with Crippen LogP contribution in [0.3, 0.4) is 0 Å². The molecule has 0 bridgehead atoms. The molecule has 0 saturated heterocycles. The molecule has 692 valence electrons. The van der Waals surface area contributed by atoms with E-state index in [-0.39, 0.29) is 149 Å². The minimum Gasteiger partial charge on any atom is -0.477 e. The molecule has 0 unspecified atom stereocenters. The van der Waals surface area contributed by atoms with Crippen LogP contribution in [0.15, 0.2) is 273 Å². The summed E-state index contributed by atoms with van der Waals surface area (Å²) in [5.74, 6) is -7.46. The molecule has 0 aliphatic carbocycles. The number of hydrogen-bond acceptors (Lipinski definition) is 16. The molecular weight excluding hydrogens is 2660 g/mol. The number of alkyl halides is 6. The minimum atomic E-state index is -4.70. The van der Waals surface area contributed by atoms with Gasteiger partial charge in [0.05, 0.1) is 30.0 Å². The number of nitriles is 1. The van der Waals surface area contributed by atoms with Crippen molar-refractivity contribution in [3.63, 3.8) is 0 Å². The summed E-state index contributed by atoms with van der Waals surface area (Å²) in [6.45, 7) is 18.6. The average Bonchev–Trinajstić information content (AvgIpc) is 1.60. The molecule has 0 aliphatic rings. The first-order valence-corrected chi connectivity index (χ1v) is 38.6. The van der Waals surface area contributed by atoms with E-state index < -0.39 is 81.5 Å². The van der Waals surface area contributed by atoms with Crippen molar-refractivity contribution in [3.05, 3.63) is 426 Å². The van der Waals surface area contributed by atoms with Gasteiger partial charge < -0.3 is 49.4 Å². The largest absolute Gasteiger partial charge is 2.00 e. The van der Waals surface area contributed by atoms with Crippen LogP contribution in [0.1, 0.15) is 103 Å². The van der Waals surface area contributed by atoms with Crippen molar-refractivity contribution in [1.29, 1.82) is 5.26 Å². The van der Waals surface area contributed by atoms with Gasteiger partial charge in [-0.3, -0.25) is 38.7 Å². The maximum atomic E-state index is 14.1. The Morgan fingerprint density at radius 1 is 0.415 bits per heavy atom. The van der Waals surface area contributed by atoms with Gasteiger partial charge in [-0.2, -0.15) is 37.7 Å². The molecule has 17 aromatic rings. The van der Waals surface area contributed by atoms with E-state index in [0.29, 0.717) is 39.7 Å². The number of rotatable bonds is 15. The number of aromatic nitrogens is 16. The van der Waals surface area contributed by atoms with Crippen molar-refractivity contribution in [2.24, 2.45) is 0 Å². The van der Waals surface area contributed by atoms with Crippen LogP contribution in [0.5, 0.6) is 0 Å². The minimum absolute atomic E-state index is 0. The van der Waals surface area contributed by atoms with E-state index in [1.54, 1.807) is 142 Å². The Morgan fingerprint density at radius 3 is 1.27 bits per heavy atom. The number of pyridine rings is 11. The van der Waals surface area contributed by atoms with Crippen molar-refractivity contribution in [3.8, 4) is 85.2 Å². The molecule has 37 heteroatoms. The number of aromatic carboxylic acids is 1. The van der Waals surface area contributed by atoms with Gasteiger partial charge in [0.25, 0.3) is 0 Å². The summed E-state index contributed by atoms with van der Waals surface area (Å²) in [4.78, 5) is 62.3. The van der Waals surface area contributed by atoms with Crippen LogP contribution >= 0.6 is 0 Å². The van der Waals surface area contributed by atoms with Crippen LogP contribution in [0.25, 0.3) is 84.0 Å². The van der Waals surface area contributed by atoms with Crippen LogP contribution in [-0.4, -0.2) is 90.4 Å². The zero-order valence-corrected chi connectivity index (χ0v) is 82.1. The molecule has 13 heterocycles. The second-order valence-corrected chi connectivity index (χ2v) is 29.0. The Morgan fingerprint density at radius 2 is 0.852 bits per heavy atom. The Balaban J connectivity index is 0.000000230. The van der Waals surface area contributed by atoms with Crippen molar-refractivity contribution < 1.29 is 166 Å². The predicted molar refractivity (Wildman–Crippen MR) is 453 cm³/mol. The third kappa shape index (κ3) is 28.7. The normalized spacial score (nSPS) is 10.8. The van der Waals surface area contributed by atoms with Crippen LogP contribution in [0, 0.1) is 102 Å². The first-order chi connectivity index (χ1) is 62.2. The molecule has 0 spiro atoms. The van der Waals surface area contributed by atoms with Gasteiger partial charge in [-0.05, 0) is 142 Å². The van der Waals surface area contributed by atoms with Crippen LogP contribution in [0.4, 0.5) is 58.4 Å². The second-order valence-electron chi connectivity index (χ2n) is 29.0. The molecule has 0 fully saturated rings. The summed E-state index contributed by atoms with van der Waals surface area (Å²) in [7, 11) is 0. The molecule has 0 saturated carbocycles. The van der Waals surface area contributed by atoms with Gasteiger partial charge in [0.2, 0.25) is 0 Å². The molecule has 2 radical (unpaired) electrons. The Hall–Kier alpha value is -13.1. The third-order valence-corrected chi connectivity index (χ3v) is 19.0. The molecule has 0 aliphatic heterocycles. The van der Waals surface area contributed by atoms with Gasteiger partial charge in [0.1, 0.15) is 35.2 Å². The zero-order chi connectivity index (χ0) is 92.9. The molecular formula is C98H64F12Ir2N18O2Pt3-2. The quantitative estimate of drug-likeness (QED) is 0.0568. The van der Waals surface area contributed by atoms with E-state index in [9.17, 15) is 62.7 Å². The average molecular weight is 2720 g/mol. The van der Waals surface area contributed by atoms with Gasteiger partial charge in [0, 0.05) is 127 Å². The molecule has 20 nitrogen and oxygen atoms in total. The summed E-state index contributed by atoms with van der Waals surface area (Å²) in [5, 5.41) is 24.4. The predicted octanol–water partition coefficient (Wildman–Crippen LogP) is 21.6. The number of carbonyl (C=O) groups is 1. The number of benzene rings is 4. The Bertz CT molecular complexity index is 6570. The summed E-state index contributed by atoms with van der Waals surface area (Å²) in [6.07, 6.45) is 0.0616. The Labute approximate surface area is 836 Å². The summed E-state index contributed by atoms with van der Waals surface area (Å²) in [5.41, 5.74) is 7.62. The number of halogens is 12. The van der Waals surface area contributed by atoms with Crippen LogP contribution < -0.4 is 0 Å². The first-order valence-electron chi connectivity index (χ1n) is 38.6. The van der Waals surface area contributed by atoms with E-state index in [1.807, 2.05) is 92.7 Å². The third-order valence-electron chi connectivity index (χ3n) is 19.0. The summed E-state index contributed by atoms with van der Waals surface area (Å²) < 4.78 is 159. The smallest absolute Gasteiger partial charge is 0.477 e. The van der Waals surface area contributed by atoms with E-state index in [4.69, 9.17) is 21.6 Å². The maximum absolute atomic E-state index is 14.1. The SMILES string of the molecule is CC(C)(c1cccc(-c2[c-]cc(F)nc2F)n1)c1cccc(-n2[c-]cc(C(F)(F)F)n2)n1.CC(C)(c1cccc(-c2[c-]cc(F)nc2F)n1)c1cccc(-n2[c-]nc(C(F)(F)F)n2)n1.Fc1c[c-]c(-c2ccccn2)c(F)c1.O=C(O)c1ccccn1.[C-]#[N+]c1cc[c-]c(-c2cccc(C(C)(C)c3cccc(-c4[c-]ccc(C#N)c4)n3)n2)c1.[Ir].[Ir].[Pt+2].[Pt+2].[Pt+2].[c-]1ccccc1-c1ccccn1. The van der Waals surface area contributed by atoms with Crippen molar-refractivity contribution in [2.45, 2.75) is 70.1 Å². The van der Waals surface area contributed by atoms with E-state index >= 15 is 0 Å². The van der Waals surface area contributed by atoms with Gasteiger partial charge in [0.15, 0.2) is 5.82 Å². The number of carboxylic acids is 1. The standard InChI is InChI=1S/C27H18N4.C22H14F5N5.C21H13F5N6.C11H6F2N.C11H8N.C6H5NO2.2Ir.3Pt/c1-27(2,25-14-6-12-23(30-25)20-9-4-8-19(16-20)18-28)26-15-7-13-24(31-26)21-10-5-11-22(17-21)29-3;1-21(2,15-6-3-5-14(28-15)13-9-10-18(23)30-20(13)24)16-7-4-8-19(29-16)32-12-11-17(31-32)22(25,26)27;1-20(2,14-6-3-5-13(28-14)12-9-10-16(22)30-18(12)23)15-7-4-8-17(29-15)32-11-27-19(31-32)21(24,25)26;12-8-4-5-9(10(13)7-8)11-3-1-2-6-14-11;1-2-6-10(7-3-1)11-8-4-5-9-12-11;8-6(9)5-3-1-2-4-7-5;;;;;/h4-8,11-17H,1-2H3;3-8,10-11H,1-2H3;3-8,10H,1-2H3;1-4,6-7H;1-6,8-9H;1-4H,(H,8,9);;;;;/q3*-2;2*-1;;;;3*+2. The number of nitrogens with zero attached hydrogens (tertiary/aromatic N) is 18.